The van der Waals surface area contributed by atoms with E-state index in [4.69, 9.17) is 28.7 Å². The van der Waals surface area contributed by atoms with Crippen LogP contribution in [0.1, 0.15) is 0 Å². The Kier molecular flexibility index (Phi) is 5.15. The van der Waals surface area contributed by atoms with Gasteiger partial charge in [0, 0.05) is 13.1 Å². The summed E-state index contributed by atoms with van der Waals surface area (Å²) >= 11 is 0. The molecule has 8 heteroatoms. The first kappa shape index (κ1) is 11.3. The van der Waals surface area contributed by atoms with E-state index in [0.29, 0.717) is 13.1 Å². The third-order valence-electron chi connectivity index (χ3n) is 0.854. The molecule has 0 aliphatic heterocycles. The van der Waals surface area contributed by atoms with Crippen LogP contribution in [-0.4, -0.2) is 28.0 Å². The Morgan fingerprint density at radius 1 is 0.692 bits per heavy atom. The van der Waals surface area contributed by atoms with Crippen molar-refractivity contribution in [2.75, 3.05) is 30.3 Å². The van der Waals surface area contributed by atoms with Gasteiger partial charge in [-0.25, -0.2) is 0 Å². The molecular formula is C5H14N8. The van der Waals surface area contributed by atoms with Crippen LogP contribution in [-0.2, 0) is 0 Å². The fourth-order valence-corrected chi connectivity index (χ4v) is 0.427. The van der Waals surface area contributed by atoms with E-state index in [1.54, 1.807) is 0 Å². The number of nitrogens with two attached hydrogens (primary N) is 5. The third kappa shape index (κ3) is 5.58. The SMILES string of the molecule is NCCN.Nc1nc(N)nc(N)n1. The molecule has 0 radical (unpaired) electrons. The minimum absolute atomic E-state index is 0.0417. The van der Waals surface area contributed by atoms with Gasteiger partial charge in [0.25, 0.3) is 0 Å². The van der Waals surface area contributed by atoms with Crippen molar-refractivity contribution in [1.82, 2.24) is 15.0 Å². The van der Waals surface area contributed by atoms with Gasteiger partial charge in [-0.2, -0.15) is 15.0 Å². The standard InChI is InChI=1S/C3H6N6.C2H8N2/c4-1-7-2(5)9-3(6)8-1;3-1-2-4/h(H6,4,5,6,7,8,9);1-4H2. The molecule has 0 atom stereocenters. The van der Waals surface area contributed by atoms with Crippen LogP contribution in [0.3, 0.4) is 0 Å². The molecule has 1 rings (SSSR count). The molecule has 0 aromatic carbocycles. The van der Waals surface area contributed by atoms with Crippen LogP contribution in [0.4, 0.5) is 17.8 Å². The maximum absolute atomic E-state index is 5.14. The largest absolute Gasteiger partial charge is 0.368 e. The Labute approximate surface area is 75.5 Å². The molecule has 1 aromatic heterocycles. The lowest BCUT2D eigenvalue weighted by Gasteiger charge is -1.93. The molecule has 1 heterocycles. The van der Waals surface area contributed by atoms with Crippen molar-refractivity contribution < 1.29 is 0 Å². The van der Waals surface area contributed by atoms with Crippen LogP contribution in [0.5, 0.6) is 0 Å². The Bertz CT molecular complexity index is 196. The second-order valence-corrected chi connectivity index (χ2v) is 1.99. The van der Waals surface area contributed by atoms with Gasteiger partial charge in [0.1, 0.15) is 0 Å². The van der Waals surface area contributed by atoms with Crippen LogP contribution in [0.25, 0.3) is 0 Å². The van der Waals surface area contributed by atoms with Crippen molar-refractivity contribution in [2.45, 2.75) is 0 Å². The highest BCUT2D eigenvalue weighted by atomic mass is 15.2. The summed E-state index contributed by atoms with van der Waals surface area (Å²) in [5.74, 6) is 0.125. The number of hydrogen-bond donors (Lipinski definition) is 5. The van der Waals surface area contributed by atoms with Crippen LogP contribution in [0, 0.1) is 0 Å². The summed E-state index contributed by atoms with van der Waals surface area (Å²) in [6, 6.07) is 0. The second kappa shape index (κ2) is 5.91. The predicted octanol–water partition coefficient (Wildman–Crippen LogP) is -2.48. The van der Waals surface area contributed by atoms with Crippen molar-refractivity contribution >= 4 is 17.8 Å². The maximum Gasteiger partial charge on any atom is 0.226 e. The maximum atomic E-state index is 5.14. The van der Waals surface area contributed by atoms with E-state index in [1.807, 2.05) is 0 Å². The summed E-state index contributed by atoms with van der Waals surface area (Å²) < 4.78 is 0. The molecule has 13 heavy (non-hydrogen) atoms. The summed E-state index contributed by atoms with van der Waals surface area (Å²) in [6.45, 7) is 1.19. The van der Waals surface area contributed by atoms with Crippen molar-refractivity contribution in [3.63, 3.8) is 0 Å². The lowest BCUT2D eigenvalue weighted by atomic mass is 10.7. The number of nitrogen functional groups attached to an aromatic ring is 3. The Morgan fingerprint density at radius 2 is 0.923 bits per heavy atom. The minimum atomic E-state index is 0.0417. The Morgan fingerprint density at radius 3 is 1.08 bits per heavy atom. The van der Waals surface area contributed by atoms with Crippen LogP contribution in [0.2, 0.25) is 0 Å². The van der Waals surface area contributed by atoms with E-state index >= 15 is 0 Å². The van der Waals surface area contributed by atoms with Crippen LogP contribution < -0.4 is 28.7 Å². The van der Waals surface area contributed by atoms with Gasteiger partial charge in [-0.1, -0.05) is 0 Å². The summed E-state index contributed by atoms with van der Waals surface area (Å²) in [4.78, 5) is 10.5. The smallest absolute Gasteiger partial charge is 0.226 e. The van der Waals surface area contributed by atoms with Gasteiger partial charge in [-0.05, 0) is 0 Å². The highest BCUT2D eigenvalue weighted by molar-refractivity contribution is 5.33. The van der Waals surface area contributed by atoms with Gasteiger partial charge in [0.15, 0.2) is 0 Å². The zero-order chi connectivity index (χ0) is 10.3. The van der Waals surface area contributed by atoms with E-state index < -0.39 is 0 Å². The van der Waals surface area contributed by atoms with Gasteiger partial charge < -0.3 is 28.7 Å². The van der Waals surface area contributed by atoms with Gasteiger partial charge >= 0.3 is 0 Å². The monoisotopic (exact) mass is 186 g/mol. The molecule has 10 N–H and O–H groups in total. The molecule has 0 fully saturated rings. The van der Waals surface area contributed by atoms with Crippen LogP contribution >= 0.6 is 0 Å². The van der Waals surface area contributed by atoms with E-state index in [1.165, 1.54) is 0 Å². The summed E-state index contributed by atoms with van der Waals surface area (Å²) in [6.07, 6.45) is 0. The van der Waals surface area contributed by atoms with Crippen molar-refractivity contribution in [1.29, 1.82) is 0 Å². The highest BCUT2D eigenvalue weighted by Crippen LogP contribution is 1.97. The third-order valence-corrected chi connectivity index (χ3v) is 0.854. The molecule has 0 aliphatic carbocycles. The Hall–Kier alpha value is -1.67. The average Bonchev–Trinajstić information content (AvgIpc) is 2.02. The van der Waals surface area contributed by atoms with E-state index in [-0.39, 0.29) is 17.8 Å². The molecule has 8 nitrogen and oxygen atoms in total. The molecule has 0 unspecified atom stereocenters. The van der Waals surface area contributed by atoms with E-state index in [2.05, 4.69) is 15.0 Å². The predicted molar refractivity (Wildman–Crippen MR) is 51.2 cm³/mol. The van der Waals surface area contributed by atoms with Gasteiger partial charge in [-0.3, -0.25) is 0 Å². The zero-order valence-electron chi connectivity index (χ0n) is 7.14. The van der Waals surface area contributed by atoms with E-state index in [9.17, 15) is 0 Å². The summed E-state index contributed by atoms with van der Waals surface area (Å²) in [5.41, 5.74) is 25.2. The molecule has 0 saturated carbocycles. The van der Waals surface area contributed by atoms with Gasteiger partial charge in [0.2, 0.25) is 17.8 Å². The molecule has 0 saturated heterocycles. The Balaban J connectivity index is 0.000000310. The lowest BCUT2D eigenvalue weighted by molar-refractivity contribution is 0.976. The van der Waals surface area contributed by atoms with E-state index in [0.717, 1.165) is 0 Å². The highest BCUT2D eigenvalue weighted by Gasteiger charge is 1.93. The second-order valence-electron chi connectivity index (χ2n) is 1.99. The number of hydrogen-bond acceptors (Lipinski definition) is 8. The minimum Gasteiger partial charge on any atom is -0.368 e. The molecule has 0 amide bonds. The number of rotatable bonds is 1. The molecular weight excluding hydrogens is 172 g/mol. The van der Waals surface area contributed by atoms with Crippen LogP contribution in [0.15, 0.2) is 0 Å². The molecule has 0 spiro atoms. The summed E-state index contributed by atoms with van der Waals surface area (Å²) in [7, 11) is 0. The number of aromatic nitrogens is 3. The number of nitrogens with zero attached hydrogens (tertiary/aromatic N) is 3. The first-order valence-electron chi connectivity index (χ1n) is 3.52. The first-order chi connectivity index (χ1) is 6.10. The number of anilines is 3. The zero-order valence-corrected chi connectivity index (χ0v) is 7.14. The molecule has 1 aromatic rings. The average molecular weight is 186 g/mol. The van der Waals surface area contributed by atoms with Crippen molar-refractivity contribution in [3.05, 3.63) is 0 Å². The van der Waals surface area contributed by atoms with Gasteiger partial charge in [-0.15, -0.1) is 0 Å². The first-order valence-corrected chi connectivity index (χ1v) is 3.52. The molecule has 0 aliphatic rings. The summed E-state index contributed by atoms with van der Waals surface area (Å²) in [5, 5.41) is 0. The topological polar surface area (TPSA) is 169 Å². The molecule has 0 bridgehead atoms. The lowest BCUT2D eigenvalue weighted by Crippen LogP contribution is -2.11. The quantitative estimate of drug-likeness (QED) is 0.321. The normalized spacial score (nSPS) is 8.77. The van der Waals surface area contributed by atoms with Crippen molar-refractivity contribution in [3.8, 4) is 0 Å². The molecule has 74 valence electrons. The fourth-order valence-electron chi connectivity index (χ4n) is 0.427. The van der Waals surface area contributed by atoms with Crippen molar-refractivity contribution in [2.24, 2.45) is 11.5 Å². The fraction of sp³-hybridized carbons (Fsp3) is 0.400. The van der Waals surface area contributed by atoms with Gasteiger partial charge in [0.05, 0.1) is 0 Å².